The first kappa shape index (κ1) is 27.2. The smallest absolute Gasteiger partial charge is 0.338 e. The molecule has 0 aromatic heterocycles. The number of hydrogen-bond acceptors (Lipinski definition) is 7. The van der Waals surface area contributed by atoms with Gasteiger partial charge in [-0.2, -0.15) is 0 Å². The third kappa shape index (κ3) is 5.13. The number of rotatable bonds is 6. The van der Waals surface area contributed by atoms with Crippen LogP contribution in [0.15, 0.2) is 91.0 Å². The molecule has 0 saturated heterocycles. The molecule has 1 aliphatic rings. The summed E-state index contributed by atoms with van der Waals surface area (Å²) in [4.78, 5) is 12.8. The molecule has 1 aliphatic carbocycles. The van der Waals surface area contributed by atoms with E-state index in [1.165, 1.54) is 0 Å². The van der Waals surface area contributed by atoms with Crippen molar-refractivity contribution in [3.8, 4) is 0 Å². The van der Waals surface area contributed by atoms with Crippen LogP contribution in [0, 0.1) is 0 Å². The molecule has 7 nitrogen and oxygen atoms in total. The standard InChI is InChI=1S/C29H34O7Si/c1-29(2,3)37(20-15-9-5-10-16-20,21-17-11-6-12-18-21)36-27-24(32)22(30)23(31)26(25(27)33)35-28(34)19-13-7-4-8-14-19/h4-18,22-27,30-33H,1-3H3/t22-,23-,24-,25-,26+,27-/m1/s1. The van der Waals surface area contributed by atoms with E-state index < -0.39 is 55.9 Å². The zero-order chi connectivity index (χ0) is 26.8. The van der Waals surface area contributed by atoms with E-state index in [-0.39, 0.29) is 5.56 Å². The summed E-state index contributed by atoms with van der Waals surface area (Å²) in [5.41, 5.74) is 0.229. The Kier molecular flexibility index (Phi) is 7.98. The molecule has 0 heterocycles. The Morgan fingerprint density at radius 3 is 1.54 bits per heavy atom. The van der Waals surface area contributed by atoms with Crippen molar-refractivity contribution in [1.82, 2.24) is 0 Å². The average molecular weight is 523 g/mol. The molecule has 8 heteroatoms. The van der Waals surface area contributed by atoms with Crippen LogP contribution in [0.2, 0.25) is 5.04 Å². The van der Waals surface area contributed by atoms with E-state index in [9.17, 15) is 25.2 Å². The van der Waals surface area contributed by atoms with Gasteiger partial charge in [-0.1, -0.05) is 99.6 Å². The van der Waals surface area contributed by atoms with Crippen molar-refractivity contribution < 1.29 is 34.4 Å². The molecule has 6 atom stereocenters. The summed E-state index contributed by atoms with van der Waals surface area (Å²) in [6, 6.07) is 27.5. The van der Waals surface area contributed by atoms with Gasteiger partial charge in [0.05, 0.1) is 5.56 Å². The highest BCUT2D eigenvalue weighted by Gasteiger charge is 2.58. The quantitative estimate of drug-likeness (QED) is 0.287. The molecule has 0 radical (unpaired) electrons. The molecule has 0 amide bonds. The fraction of sp³-hybridized carbons (Fsp3) is 0.345. The lowest BCUT2D eigenvalue weighted by molar-refractivity contribution is -0.219. The first-order valence-corrected chi connectivity index (χ1v) is 14.3. The fourth-order valence-corrected chi connectivity index (χ4v) is 9.82. The van der Waals surface area contributed by atoms with Crippen LogP contribution >= 0.6 is 0 Å². The van der Waals surface area contributed by atoms with Crippen LogP contribution in [0.5, 0.6) is 0 Å². The lowest BCUT2D eigenvalue weighted by Crippen LogP contribution is -2.73. The topological polar surface area (TPSA) is 116 Å². The maximum Gasteiger partial charge on any atom is 0.338 e. The second-order valence-corrected chi connectivity index (χ2v) is 14.7. The zero-order valence-corrected chi connectivity index (χ0v) is 22.1. The second-order valence-electron chi connectivity index (χ2n) is 10.4. The van der Waals surface area contributed by atoms with Gasteiger partial charge in [-0.3, -0.25) is 0 Å². The van der Waals surface area contributed by atoms with Crippen LogP contribution in [0.3, 0.4) is 0 Å². The highest BCUT2D eigenvalue weighted by molar-refractivity contribution is 6.99. The number of carbonyl (C=O) groups is 1. The van der Waals surface area contributed by atoms with E-state index in [4.69, 9.17) is 9.16 Å². The highest BCUT2D eigenvalue weighted by Crippen LogP contribution is 2.40. The van der Waals surface area contributed by atoms with Gasteiger partial charge in [0.15, 0.2) is 6.10 Å². The van der Waals surface area contributed by atoms with Crippen molar-refractivity contribution in [2.75, 3.05) is 0 Å². The van der Waals surface area contributed by atoms with Gasteiger partial charge in [0, 0.05) is 0 Å². The summed E-state index contributed by atoms with van der Waals surface area (Å²) in [6.45, 7) is 6.12. The maximum absolute atomic E-state index is 12.8. The molecule has 4 N–H and O–H groups in total. The van der Waals surface area contributed by atoms with E-state index in [0.29, 0.717) is 0 Å². The van der Waals surface area contributed by atoms with E-state index in [0.717, 1.165) is 10.4 Å². The Morgan fingerprint density at radius 1 is 0.649 bits per heavy atom. The van der Waals surface area contributed by atoms with E-state index in [1.807, 2.05) is 81.4 Å². The fourth-order valence-electron chi connectivity index (χ4n) is 5.12. The minimum atomic E-state index is -3.26. The summed E-state index contributed by atoms with van der Waals surface area (Å²) in [5.74, 6) is -0.767. The van der Waals surface area contributed by atoms with Gasteiger partial charge >= 0.3 is 5.97 Å². The molecule has 4 rings (SSSR count). The van der Waals surface area contributed by atoms with Crippen LogP contribution in [-0.2, 0) is 9.16 Å². The van der Waals surface area contributed by atoms with E-state index in [1.54, 1.807) is 30.3 Å². The number of aliphatic hydroxyl groups is 4. The largest absolute Gasteiger partial charge is 0.453 e. The van der Waals surface area contributed by atoms with Gasteiger partial charge in [-0.05, 0) is 27.5 Å². The molecular formula is C29H34O7Si. The molecule has 37 heavy (non-hydrogen) atoms. The molecule has 0 bridgehead atoms. The summed E-state index contributed by atoms with van der Waals surface area (Å²) in [7, 11) is -3.26. The Balaban J connectivity index is 1.77. The lowest BCUT2D eigenvalue weighted by Gasteiger charge is -2.50. The van der Waals surface area contributed by atoms with E-state index in [2.05, 4.69) is 0 Å². The molecule has 0 unspecified atom stereocenters. The third-order valence-electron chi connectivity index (χ3n) is 7.03. The van der Waals surface area contributed by atoms with Gasteiger partial charge < -0.3 is 29.6 Å². The van der Waals surface area contributed by atoms with Crippen molar-refractivity contribution in [2.24, 2.45) is 0 Å². The summed E-state index contributed by atoms with van der Waals surface area (Å²) >= 11 is 0. The molecule has 1 fully saturated rings. The normalized spacial score (nSPS) is 26.5. The Bertz CT molecular complexity index is 1130. The SMILES string of the molecule is CC(C)(C)[Si](O[C@H]1[C@H](O)[C@@H](OC(=O)c2ccccc2)[C@H](O)[C@@H](O)[C@H]1O)(c1ccccc1)c1ccccc1. The lowest BCUT2D eigenvalue weighted by atomic mass is 9.85. The van der Waals surface area contributed by atoms with Crippen LogP contribution in [0.25, 0.3) is 0 Å². The van der Waals surface area contributed by atoms with Gasteiger partial charge in [-0.25, -0.2) is 4.79 Å². The van der Waals surface area contributed by atoms with Gasteiger partial charge in [0.1, 0.15) is 30.5 Å². The number of benzene rings is 3. The van der Waals surface area contributed by atoms with E-state index >= 15 is 0 Å². The average Bonchev–Trinajstić information content (AvgIpc) is 2.91. The number of aliphatic hydroxyl groups excluding tert-OH is 4. The first-order chi connectivity index (χ1) is 17.6. The summed E-state index contributed by atoms with van der Waals surface area (Å²) < 4.78 is 12.3. The summed E-state index contributed by atoms with van der Waals surface area (Å²) in [6.07, 6.45) is -9.52. The molecule has 0 aliphatic heterocycles. The third-order valence-corrected chi connectivity index (χ3v) is 12.1. The molecule has 196 valence electrons. The Hall–Kier alpha value is -2.85. The van der Waals surface area contributed by atoms with Crippen LogP contribution < -0.4 is 10.4 Å². The molecule has 1 saturated carbocycles. The van der Waals surface area contributed by atoms with Crippen LogP contribution in [-0.4, -0.2) is 71.3 Å². The van der Waals surface area contributed by atoms with Crippen molar-refractivity contribution in [3.05, 3.63) is 96.6 Å². The van der Waals surface area contributed by atoms with Crippen molar-refractivity contribution in [1.29, 1.82) is 0 Å². The number of ether oxygens (including phenoxy) is 1. The van der Waals surface area contributed by atoms with Crippen LogP contribution in [0.1, 0.15) is 31.1 Å². The maximum atomic E-state index is 12.8. The minimum Gasteiger partial charge on any atom is -0.453 e. The molecule has 0 spiro atoms. The predicted octanol–water partition coefficient (Wildman–Crippen LogP) is 1.61. The van der Waals surface area contributed by atoms with Crippen molar-refractivity contribution in [2.45, 2.75) is 62.4 Å². The monoisotopic (exact) mass is 522 g/mol. The molecular weight excluding hydrogens is 488 g/mol. The Morgan fingerprint density at radius 2 is 1.08 bits per heavy atom. The second kappa shape index (κ2) is 10.9. The zero-order valence-electron chi connectivity index (χ0n) is 21.1. The first-order valence-electron chi connectivity index (χ1n) is 12.3. The predicted molar refractivity (Wildman–Crippen MR) is 142 cm³/mol. The number of esters is 1. The van der Waals surface area contributed by atoms with Gasteiger partial charge in [0.25, 0.3) is 8.32 Å². The molecule has 3 aromatic rings. The highest BCUT2D eigenvalue weighted by atomic mass is 28.4. The van der Waals surface area contributed by atoms with Gasteiger partial charge in [0.2, 0.25) is 0 Å². The number of hydrogen-bond donors (Lipinski definition) is 4. The summed E-state index contributed by atoms with van der Waals surface area (Å²) in [5, 5.41) is 45.2. The number of carbonyl (C=O) groups excluding carboxylic acids is 1. The van der Waals surface area contributed by atoms with Gasteiger partial charge in [-0.15, -0.1) is 0 Å². The minimum absolute atomic E-state index is 0.229. The van der Waals surface area contributed by atoms with Crippen molar-refractivity contribution >= 4 is 24.7 Å². The molecule has 3 aromatic carbocycles. The Labute approximate surface area is 218 Å². The van der Waals surface area contributed by atoms with Crippen molar-refractivity contribution in [3.63, 3.8) is 0 Å². The van der Waals surface area contributed by atoms with Crippen LogP contribution in [0.4, 0.5) is 0 Å².